The average molecular weight is 160 g/mol. The highest BCUT2D eigenvalue weighted by Crippen LogP contribution is 2.16. The Labute approximate surface area is 73.0 Å². The van der Waals surface area contributed by atoms with Crippen LogP contribution in [0, 0.1) is 12.3 Å². The third-order valence-corrected chi connectivity index (χ3v) is 1.75. The van der Waals surface area contributed by atoms with E-state index in [1.54, 1.807) is 0 Å². The number of benzene rings is 1. The van der Waals surface area contributed by atoms with Crippen LogP contribution in [0.15, 0.2) is 30.3 Å². The summed E-state index contributed by atoms with van der Waals surface area (Å²) < 4.78 is 0. The van der Waals surface area contributed by atoms with Crippen LogP contribution in [-0.2, 0) is 0 Å². The lowest BCUT2D eigenvalue weighted by Crippen LogP contribution is -1.95. The lowest BCUT2D eigenvalue weighted by atomic mass is 10.1. The van der Waals surface area contributed by atoms with E-state index >= 15 is 0 Å². The SMILES string of the molecule is C#CCCC(O)c1ccccc1. The molecule has 1 nitrogen and oxygen atoms in total. The van der Waals surface area contributed by atoms with E-state index in [1.807, 2.05) is 30.3 Å². The number of rotatable bonds is 3. The molecule has 0 heterocycles. The topological polar surface area (TPSA) is 20.2 Å². The predicted octanol–water partition coefficient (Wildman–Crippen LogP) is 2.13. The fourth-order valence-corrected chi connectivity index (χ4v) is 1.06. The van der Waals surface area contributed by atoms with Crippen molar-refractivity contribution in [1.29, 1.82) is 0 Å². The van der Waals surface area contributed by atoms with Gasteiger partial charge in [0.05, 0.1) is 6.10 Å². The summed E-state index contributed by atoms with van der Waals surface area (Å²) in [4.78, 5) is 0. The molecule has 0 fully saturated rings. The first-order valence-corrected chi connectivity index (χ1v) is 4.01. The molecule has 1 N–H and O–H groups in total. The Morgan fingerprint density at radius 2 is 2.00 bits per heavy atom. The van der Waals surface area contributed by atoms with E-state index in [0.29, 0.717) is 12.8 Å². The Morgan fingerprint density at radius 3 is 2.58 bits per heavy atom. The van der Waals surface area contributed by atoms with Gasteiger partial charge in [0.25, 0.3) is 0 Å². The van der Waals surface area contributed by atoms with E-state index in [4.69, 9.17) is 6.42 Å². The van der Waals surface area contributed by atoms with Crippen LogP contribution >= 0.6 is 0 Å². The van der Waals surface area contributed by atoms with Crippen molar-refractivity contribution >= 4 is 0 Å². The van der Waals surface area contributed by atoms with Crippen molar-refractivity contribution in [2.24, 2.45) is 0 Å². The molecule has 1 unspecified atom stereocenters. The Hall–Kier alpha value is -1.26. The summed E-state index contributed by atoms with van der Waals surface area (Å²) in [5, 5.41) is 9.56. The van der Waals surface area contributed by atoms with Crippen LogP contribution in [-0.4, -0.2) is 5.11 Å². The summed E-state index contributed by atoms with van der Waals surface area (Å²) in [6.07, 6.45) is 5.94. The molecular formula is C11H12O. The number of terminal acetylenes is 1. The van der Waals surface area contributed by atoms with Crippen LogP contribution in [0.25, 0.3) is 0 Å². The van der Waals surface area contributed by atoms with Crippen molar-refractivity contribution in [3.05, 3.63) is 35.9 Å². The van der Waals surface area contributed by atoms with E-state index in [2.05, 4.69) is 5.92 Å². The van der Waals surface area contributed by atoms with Gasteiger partial charge in [-0.15, -0.1) is 12.3 Å². The molecule has 0 aliphatic carbocycles. The van der Waals surface area contributed by atoms with Crippen molar-refractivity contribution in [1.82, 2.24) is 0 Å². The van der Waals surface area contributed by atoms with Crippen LogP contribution in [0.5, 0.6) is 0 Å². The fraction of sp³-hybridized carbons (Fsp3) is 0.273. The third kappa shape index (κ3) is 2.41. The lowest BCUT2D eigenvalue weighted by molar-refractivity contribution is 0.169. The predicted molar refractivity (Wildman–Crippen MR) is 49.5 cm³/mol. The summed E-state index contributed by atoms with van der Waals surface area (Å²) in [6.45, 7) is 0. The number of hydrogen-bond donors (Lipinski definition) is 1. The second-order valence-corrected chi connectivity index (χ2v) is 2.67. The molecule has 0 bridgehead atoms. The molecule has 62 valence electrons. The van der Waals surface area contributed by atoms with Gasteiger partial charge in [0, 0.05) is 6.42 Å². The number of hydrogen-bond acceptors (Lipinski definition) is 1. The monoisotopic (exact) mass is 160 g/mol. The van der Waals surface area contributed by atoms with Crippen molar-refractivity contribution in [2.75, 3.05) is 0 Å². The number of aliphatic hydroxyl groups is 1. The maximum atomic E-state index is 9.56. The molecule has 0 aromatic heterocycles. The normalized spacial score (nSPS) is 12.0. The highest BCUT2D eigenvalue weighted by Gasteiger charge is 2.04. The molecule has 1 heteroatoms. The van der Waals surface area contributed by atoms with Gasteiger partial charge < -0.3 is 5.11 Å². The van der Waals surface area contributed by atoms with Crippen LogP contribution in [0.4, 0.5) is 0 Å². The Morgan fingerprint density at radius 1 is 1.33 bits per heavy atom. The molecule has 0 aliphatic rings. The first-order valence-electron chi connectivity index (χ1n) is 4.01. The van der Waals surface area contributed by atoms with Crippen molar-refractivity contribution < 1.29 is 5.11 Å². The molecule has 1 aromatic carbocycles. The fourth-order valence-electron chi connectivity index (χ4n) is 1.06. The molecule has 1 rings (SSSR count). The largest absolute Gasteiger partial charge is 0.388 e. The van der Waals surface area contributed by atoms with E-state index in [0.717, 1.165) is 5.56 Å². The molecule has 0 amide bonds. The van der Waals surface area contributed by atoms with Crippen LogP contribution in [0.1, 0.15) is 24.5 Å². The molecule has 1 aromatic rings. The Kier molecular flexibility index (Phi) is 3.37. The minimum absolute atomic E-state index is 0.415. The molecule has 0 saturated heterocycles. The smallest absolute Gasteiger partial charge is 0.0799 e. The average Bonchev–Trinajstić information content (AvgIpc) is 2.15. The van der Waals surface area contributed by atoms with Gasteiger partial charge in [-0.05, 0) is 12.0 Å². The third-order valence-electron chi connectivity index (χ3n) is 1.75. The van der Waals surface area contributed by atoms with Crippen LogP contribution in [0.2, 0.25) is 0 Å². The first-order chi connectivity index (χ1) is 5.84. The van der Waals surface area contributed by atoms with Gasteiger partial charge in [0.1, 0.15) is 0 Å². The maximum Gasteiger partial charge on any atom is 0.0799 e. The maximum absolute atomic E-state index is 9.56. The molecule has 0 radical (unpaired) electrons. The Bertz CT molecular complexity index is 258. The minimum Gasteiger partial charge on any atom is -0.388 e. The zero-order valence-corrected chi connectivity index (χ0v) is 6.90. The summed E-state index contributed by atoms with van der Waals surface area (Å²) >= 11 is 0. The molecule has 1 atom stereocenters. The molecule has 0 spiro atoms. The second-order valence-electron chi connectivity index (χ2n) is 2.67. The van der Waals surface area contributed by atoms with Crippen molar-refractivity contribution in [3.8, 4) is 12.3 Å². The first kappa shape index (κ1) is 8.83. The van der Waals surface area contributed by atoms with Gasteiger partial charge in [0.15, 0.2) is 0 Å². The summed E-state index contributed by atoms with van der Waals surface area (Å²) in [5.41, 5.74) is 0.938. The second kappa shape index (κ2) is 4.58. The summed E-state index contributed by atoms with van der Waals surface area (Å²) in [6, 6.07) is 9.56. The molecule has 0 saturated carbocycles. The number of aliphatic hydroxyl groups excluding tert-OH is 1. The van der Waals surface area contributed by atoms with E-state index < -0.39 is 6.10 Å². The zero-order valence-electron chi connectivity index (χ0n) is 6.90. The highest BCUT2D eigenvalue weighted by molar-refractivity contribution is 5.17. The van der Waals surface area contributed by atoms with Crippen molar-refractivity contribution in [2.45, 2.75) is 18.9 Å². The van der Waals surface area contributed by atoms with Gasteiger partial charge in [-0.25, -0.2) is 0 Å². The van der Waals surface area contributed by atoms with Crippen LogP contribution in [0.3, 0.4) is 0 Å². The van der Waals surface area contributed by atoms with Gasteiger partial charge in [0.2, 0.25) is 0 Å². The van der Waals surface area contributed by atoms with E-state index in [1.165, 1.54) is 0 Å². The summed E-state index contributed by atoms with van der Waals surface area (Å²) in [7, 11) is 0. The molecule has 12 heavy (non-hydrogen) atoms. The Balaban J connectivity index is 2.55. The zero-order chi connectivity index (χ0) is 8.81. The quantitative estimate of drug-likeness (QED) is 0.671. The summed E-state index contributed by atoms with van der Waals surface area (Å²) in [5.74, 6) is 2.51. The molecular weight excluding hydrogens is 148 g/mol. The minimum atomic E-state index is -0.415. The molecule has 0 aliphatic heterocycles. The van der Waals surface area contributed by atoms with Crippen molar-refractivity contribution in [3.63, 3.8) is 0 Å². The highest BCUT2D eigenvalue weighted by atomic mass is 16.3. The lowest BCUT2D eigenvalue weighted by Gasteiger charge is -2.07. The standard InChI is InChI=1S/C11H12O/c1-2-3-9-11(12)10-7-5-4-6-8-10/h1,4-8,11-12H,3,9H2. The van der Waals surface area contributed by atoms with Gasteiger partial charge in [-0.1, -0.05) is 30.3 Å². The van der Waals surface area contributed by atoms with Gasteiger partial charge in [-0.3, -0.25) is 0 Å². The van der Waals surface area contributed by atoms with Gasteiger partial charge in [-0.2, -0.15) is 0 Å². The van der Waals surface area contributed by atoms with Crippen LogP contribution < -0.4 is 0 Å². The van der Waals surface area contributed by atoms with E-state index in [-0.39, 0.29) is 0 Å². The van der Waals surface area contributed by atoms with E-state index in [9.17, 15) is 5.11 Å². The van der Waals surface area contributed by atoms with Gasteiger partial charge >= 0.3 is 0 Å².